The van der Waals surface area contributed by atoms with Gasteiger partial charge in [-0.3, -0.25) is 0 Å². The molecule has 142 valence electrons. The smallest absolute Gasteiger partial charge is 0.161 e. The highest BCUT2D eigenvalue weighted by Crippen LogP contribution is 2.39. The number of hydrogen-bond acceptors (Lipinski definition) is 5. The van der Waals surface area contributed by atoms with Crippen LogP contribution >= 0.6 is 22.9 Å². The van der Waals surface area contributed by atoms with Crippen molar-refractivity contribution < 1.29 is 4.74 Å². The predicted octanol–water partition coefficient (Wildman–Crippen LogP) is 6.24. The standard InChI is InChI=1S/C22H15ClN4OS/c23-16-12-14(27-10-9-26-8-6-17-21(26)22(27)25-13-24-17)4-5-19(16)28-18-2-1-3-20-15(18)7-11-29-20/h1-8,11-13H,9-10H2. The van der Waals surface area contributed by atoms with Crippen LogP contribution in [0.15, 0.2) is 66.4 Å². The molecule has 0 N–H and O–H groups in total. The highest BCUT2D eigenvalue weighted by molar-refractivity contribution is 7.17. The highest BCUT2D eigenvalue weighted by Gasteiger charge is 2.22. The third-order valence-corrected chi connectivity index (χ3v) is 6.43. The molecule has 4 heterocycles. The minimum atomic E-state index is 0.570. The molecule has 7 heteroatoms. The van der Waals surface area contributed by atoms with Crippen molar-refractivity contribution in [2.24, 2.45) is 0 Å². The zero-order valence-electron chi connectivity index (χ0n) is 15.2. The van der Waals surface area contributed by atoms with Crippen LogP contribution in [0.25, 0.3) is 21.1 Å². The van der Waals surface area contributed by atoms with Gasteiger partial charge in [0.1, 0.15) is 23.3 Å². The first-order valence-corrected chi connectivity index (χ1v) is 10.5. The Labute approximate surface area is 175 Å². The summed E-state index contributed by atoms with van der Waals surface area (Å²) in [5, 5.41) is 3.73. The summed E-state index contributed by atoms with van der Waals surface area (Å²) in [4.78, 5) is 11.1. The van der Waals surface area contributed by atoms with E-state index >= 15 is 0 Å². The number of benzene rings is 2. The molecule has 0 amide bonds. The maximum Gasteiger partial charge on any atom is 0.161 e. The van der Waals surface area contributed by atoms with E-state index in [9.17, 15) is 0 Å². The van der Waals surface area contributed by atoms with Gasteiger partial charge in [0, 0.05) is 35.1 Å². The van der Waals surface area contributed by atoms with Gasteiger partial charge in [0.15, 0.2) is 5.82 Å². The maximum atomic E-state index is 6.62. The topological polar surface area (TPSA) is 43.2 Å². The molecule has 2 aromatic carbocycles. The van der Waals surface area contributed by atoms with Gasteiger partial charge in [0.2, 0.25) is 0 Å². The first-order valence-electron chi connectivity index (χ1n) is 9.29. The molecule has 0 unspecified atom stereocenters. The third kappa shape index (κ3) is 2.68. The van der Waals surface area contributed by atoms with Crippen LogP contribution in [-0.4, -0.2) is 21.1 Å². The number of nitrogens with zero attached hydrogens (tertiary/aromatic N) is 4. The lowest BCUT2D eigenvalue weighted by Crippen LogP contribution is -2.28. The van der Waals surface area contributed by atoms with Crippen molar-refractivity contribution in [3.63, 3.8) is 0 Å². The summed E-state index contributed by atoms with van der Waals surface area (Å²) in [6.45, 7) is 1.69. The summed E-state index contributed by atoms with van der Waals surface area (Å²) < 4.78 is 9.54. The fourth-order valence-electron chi connectivity index (χ4n) is 3.88. The normalized spacial score (nSPS) is 13.3. The lowest BCUT2D eigenvalue weighted by Gasteiger charge is -2.29. The molecule has 5 nitrogen and oxygen atoms in total. The molecule has 1 aliphatic rings. The summed E-state index contributed by atoms with van der Waals surface area (Å²) >= 11 is 8.31. The monoisotopic (exact) mass is 418 g/mol. The molecule has 3 aromatic heterocycles. The predicted molar refractivity (Wildman–Crippen MR) is 118 cm³/mol. The van der Waals surface area contributed by atoms with Gasteiger partial charge in [-0.2, -0.15) is 0 Å². The van der Waals surface area contributed by atoms with Gasteiger partial charge in [-0.1, -0.05) is 17.7 Å². The largest absolute Gasteiger partial charge is 0.455 e. The van der Waals surface area contributed by atoms with Crippen molar-refractivity contribution in [3.8, 4) is 11.5 Å². The van der Waals surface area contributed by atoms with Gasteiger partial charge in [-0.05, 0) is 47.8 Å². The van der Waals surface area contributed by atoms with Crippen molar-refractivity contribution in [1.82, 2.24) is 14.5 Å². The molecule has 6 rings (SSSR count). The van der Waals surface area contributed by atoms with E-state index in [4.69, 9.17) is 16.3 Å². The van der Waals surface area contributed by atoms with Crippen LogP contribution in [0.1, 0.15) is 0 Å². The van der Waals surface area contributed by atoms with Crippen LogP contribution in [0, 0.1) is 0 Å². The number of hydrogen-bond donors (Lipinski definition) is 0. The van der Waals surface area contributed by atoms with Gasteiger partial charge in [-0.15, -0.1) is 11.3 Å². The number of ether oxygens (including phenoxy) is 1. The molecule has 5 aromatic rings. The molecule has 0 saturated carbocycles. The summed E-state index contributed by atoms with van der Waals surface area (Å²) in [7, 11) is 0. The second-order valence-corrected chi connectivity index (χ2v) is 8.25. The Balaban J connectivity index is 1.37. The molecule has 1 aliphatic heterocycles. The van der Waals surface area contributed by atoms with Crippen molar-refractivity contribution in [2.45, 2.75) is 6.54 Å². The molecular formula is C22H15ClN4OS. The Morgan fingerprint density at radius 2 is 1.97 bits per heavy atom. The zero-order valence-corrected chi connectivity index (χ0v) is 16.8. The molecule has 0 aliphatic carbocycles. The Morgan fingerprint density at radius 1 is 1.00 bits per heavy atom. The zero-order chi connectivity index (χ0) is 19.4. The SMILES string of the molecule is Clc1cc(N2CCn3ccc4ncnc2c43)ccc1Oc1cccc2sccc12. The molecular weight excluding hydrogens is 404 g/mol. The number of fused-ring (bicyclic) bond motifs is 1. The number of anilines is 2. The number of thiophene rings is 1. The van der Waals surface area contributed by atoms with E-state index < -0.39 is 0 Å². The van der Waals surface area contributed by atoms with Gasteiger partial charge in [0.25, 0.3) is 0 Å². The van der Waals surface area contributed by atoms with E-state index in [0.29, 0.717) is 10.8 Å². The summed E-state index contributed by atoms with van der Waals surface area (Å²) in [5.41, 5.74) is 3.00. The molecule has 0 radical (unpaired) electrons. The summed E-state index contributed by atoms with van der Waals surface area (Å²) in [6, 6.07) is 16.1. The van der Waals surface area contributed by atoms with E-state index in [1.165, 1.54) is 4.70 Å². The third-order valence-electron chi connectivity index (χ3n) is 5.25. The van der Waals surface area contributed by atoms with Crippen LogP contribution in [0.3, 0.4) is 0 Å². The average molecular weight is 419 g/mol. The van der Waals surface area contributed by atoms with Gasteiger partial charge >= 0.3 is 0 Å². The van der Waals surface area contributed by atoms with E-state index in [-0.39, 0.29) is 0 Å². The Morgan fingerprint density at radius 3 is 2.90 bits per heavy atom. The van der Waals surface area contributed by atoms with Crippen LogP contribution in [0.2, 0.25) is 5.02 Å². The fraction of sp³-hybridized carbons (Fsp3) is 0.0909. The van der Waals surface area contributed by atoms with Gasteiger partial charge in [-0.25, -0.2) is 9.97 Å². The van der Waals surface area contributed by atoms with E-state index in [1.54, 1.807) is 17.7 Å². The molecule has 0 saturated heterocycles. The van der Waals surface area contributed by atoms with Crippen LogP contribution < -0.4 is 9.64 Å². The van der Waals surface area contributed by atoms with Crippen LogP contribution in [0.4, 0.5) is 11.5 Å². The molecule has 0 atom stereocenters. The molecule has 29 heavy (non-hydrogen) atoms. The Hall–Kier alpha value is -3.09. The van der Waals surface area contributed by atoms with E-state index in [0.717, 1.165) is 46.8 Å². The average Bonchev–Trinajstić information content (AvgIpc) is 3.39. The first-order chi connectivity index (χ1) is 14.3. The summed E-state index contributed by atoms with van der Waals surface area (Å²) in [6.07, 6.45) is 3.68. The Kier molecular flexibility index (Phi) is 3.76. The second-order valence-electron chi connectivity index (χ2n) is 6.90. The number of rotatable bonds is 3. The van der Waals surface area contributed by atoms with Gasteiger partial charge < -0.3 is 14.2 Å². The van der Waals surface area contributed by atoms with Crippen molar-refractivity contribution in [1.29, 1.82) is 0 Å². The Bertz CT molecular complexity index is 1380. The van der Waals surface area contributed by atoms with Crippen LogP contribution in [0.5, 0.6) is 11.5 Å². The van der Waals surface area contributed by atoms with E-state index in [2.05, 4.69) is 43.1 Å². The van der Waals surface area contributed by atoms with E-state index in [1.807, 2.05) is 36.4 Å². The molecule has 0 fully saturated rings. The minimum Gasteiger partial charge on any atom is -0.455 e. The first kappa shape index (κ1) is 16.8. The quantitative estimate of drug-likeness (QED) is 0.347. The summed E-state index contributed by atoms with van der Waals surface area (Å²) in [5.74, 6) is 2.35. The molecule has 0 bridgehead atoms. The lowest BCUT2D eigenvalue weighted by molar-refractivity contribution is 0.488. The second kappa shape index (κ2) is 6.47. The fourth-order valence-corrected chi connectivity index (χ4v) is 4.90. The van der Waals surface area contributed by atoms with Crippen LogP contribution in [-0.2, 0) is 6.54 Å². The van der Waals surface area contributed by atoms with Crippen molar-refractivity contribution in [2.75, 3.05) is 11.4 Å². The lowest BCUT2D eigenvalue weighted by atomic mass is 10.2. The minimum absolute atomic E-state index is 0.570. The number of aromatic nitrogens is 3. The van der Waals surface area contributed by atoms with Crippen molar-refractivity contribution >= 4 is 55.6 Å². The molecule has 0 spiro atoms. The number of halogens is 1. The maximum absolute atomic E-state index is 6.62. The highest BCUT2D eigenvalue weighted by atomic mass is 35.5. The van der Waals surface area contributed by atoms with Gasteiger partial charge in [0.05, 0.1) is 10.5 Å². The van der Waals surface area contributed by atoms with Crippen molar-refractivity contribution in [3.05, 3.63) is 71.5 Å².